The summed E-state index contributed by atoms with van der Waals surface area (Å²) >= 11 is 0. The smallest absolute Gasteiger partial charge is 0.123 e. The molecule has 112 valence electrons. The summed E-state index contributed by atoms with van der Waals surface area (Å²) in [7, 11) is 1.96. The van der Waals surface area contributed by atoms with Crippen molar-refractivity contribution < 1.29 is 4.74 Å². The van der Waals surface area contributed by atoms with Crippen LogP contribution in [0.5, 0.6) is 5.75 Å². The van der Waals surface area contributed by atoms with E-state index in [1.54, 1.807) is 0 Å². The van der Waals surface area contributed by atoms with Crippen molar-refractivity contribution in [2.45, 2.75) is 13.5 Å². The summed E-state index contributed by atoms with van der Waals surface area (Å²) < 4.78 is 5.95. The lowest BCUT2D eigenvalue weighted by molar-refractivity contribution is 0.120. The first-order chi connectivity index (χ1) is 9.83. The molecule has 0 unspecified atom stereocenters. The highest BCUT2D eigenvalue weighted by molar-refractivity contribution is 5.33. The van der Waals surface area contributed by atoms with Crippen molar-refractivity contribution >= 4 is 0 Å². The Labute approximate surface area is 122 Å². The summed E-state index contributed by atoms with van der Waals surface area (Å²) in [6.07, 6.45) is 0. The van der Waals surface area contributed by atoms with Crippen LogP contribution in [0.1, 0.15) is 12.5 Å². The molecule has 20 heavy (non-hydrogen) atoms. The molecule has 0 aliphatic carbocycles. The molecule has 0 spiro atoms. The number of para-hydroxylation sites is 1. The van der Waals surface area contributed by atoms with E-state index in [0.717, 1.165) is 38.5 Å². The minimum absolute atomic E-state index is 0.771. The second kappa shape index (κ2) is 8.25. The van der Waals surface area contributed by atoms with E-state index in [1.165, 1.54) is 25.2 Å². The first-order valence-electron chi connectivity index (χ1n) is 7.63. The van der Waals surface area contributed by atoms with Gasteiger partial charge in [0.1, 0.15) is 12.4 Å². The van der Waals surface area contributed by atoms with Gasteiger partial charge in [0.2, 0.25) is 0 Å². The van der Waals surface area contributed by atoms with E-state index in [1.807, 2.05) is 13.1 Å². The highest BCUT2D eigenvalue weighted by atomic mass is 16.5. The predicted molar refractivity (Wildman–Crippen MR) is 83.3 cm³/mol. The first-order valence-corrected chi connectivity index (χ1v) is 7.63. The third-order valence-corrected chi connectivity index (χ3v) is 3.92. The normalized spacial score (nSPS) is 17.3. The van der Waals surface area contributed by atoms with Crippen molar-refractivity contribution in [2.24, 2.45) is 0 Å². The highest BCUT2D eigenvalue weighted by Gasteiger charge is 2.15. The average Bonchev–Trinajstić information content (AvgIpc) is 2.50. The lowest BCUT2D eigenvalue weighted by Crippen LogP contribution is -2.47. The Morgan fingerprint density at radius 3 is 2.50 bits per heavy atom. The fourth-order valence-corrected chi connectivity index (χ4v) is 2.59. The Bertz CT molecular complexity index is 389. The largest absolute Gasteiger partial charge is 0.492 e. The van der Waals surface area contributed by atoms with Crippen LogP contribution >= 0.6 is 0 Å². The number of hydrogen-bond donors (Lipinski definition) is 1. The maximum absolute atomic E-state index is 5.95. The second-order valence-corrected chi connectivity index (χ2v) is 5.26. The second-order valence-electron chi connectivity index (χ2n) is 5.26. The molecule has 2 rings (SSSR count). The molecule has 0 radical (unpaired) electrons. The van der Waals surface area contributed by atoms with Gasteiger partial charge in [0.15, 0.2) is 0 Å². The number of hydrogen-bond acceptors (Lipinski definition) is 4. The summed E-state index contributed by atoms with van der Waals surface area (Å²) in [5.74, 6) is 1.01. The molecule has 1 aliphatic heterocycles. The minimum Gasteiger partial charge on any atom is -0.492 e. The van der Waals surface area contributed by atoms with E-state index in [0.29, 0.717) is 0 Å². The summed E-state index contributed by atoms with van der Waals surface area (Å²) in [6, 6.07) is 8.27. The van der Waals surface area contributed by atoms with Crippen LogP contribution in [0, 0.1) is 0 Å². The summed E-state index contributed by atoms with van der Waals surface area (Å²) in [6.45, 7) is 10.7. The molecule has 0 bridgehead atoms. The zero-order valence-corrected chi connectivity index (χ0v) is 12.8. The van der Waals surface area contributed by atoms with Crippen LogP contribution in [-0.2, 0) is 6.54 Å². The molecule has 0 atom stereocenters. The molecule has 1 fully saturated rings. The van der Waals surface area contributed by atoms with Gasteiger partial charge in [-0.2, -0.15) is 0 Å². The number of benzene rings is 1. The van der Waals surface area contributed by atoms with Crippen LogP contribution in [-0.4, -0.2) is 62.7 Å². The summed E-state index contributed by atoms with van der Waals surface area (Å²) in [5, 5.41) is 3.18. The van der Waals surface area contributed by atoms with Crippen molar-refractivity contribution in [2.75, 3.05) is 52.9 Å². The molecule has 1 N–H and O–H groups in total. The van der Waals surface area contributed by atoms with Crippen molar-refractivity contribution in [1.29, 1.82) is 0 Å². The molecule has 1 heterocycles. The zero-order valence-electron chi connectivity index (χ0n) is 12.8. The van der Waals surface area contributed by atoms with Gasteiger partial charge in [0.05, 0.1) is 0 Å². The third-order valence-electron chi connectivity index (χ3n) is 3.92. The van der Waals surface area contributed by atoms with Crippen LogP contribution in [0.4, 0.5) is 0 Å². The summed E-state index contributed by atoms with van der Waals surface area (Å²) in [5.41, 5.74) is 1.23. The van der Waals surface area contributed by atoms with E-state index < -0.39 is 0 Å². The molecule has 1 saturated heterocycles. The Morgan fingerprint density at radius 2 is 1.80 bits per heavy atom. The lowest BCUT2D eigenvalue weighted by Gasteiger charge is -2.33. The van der Waals surface area contributed by atoms with Crippen LogP contribution < -0.4 is 10.1 Å². The average molecular weight is 277 g/mol. The standard InChI is InChI=1S/C16H27N3O/c1-3-18-8-10-19(11-9-18)12-13-20-16-7-5-4-6-15(16)14-17-2/h4-7,17H,3,8-14H2,1-2H3. The number of nitrogens with zero attached hydrogens (tertiary/aromatic N) is 2. The molecule has 0 saturated carbocycles. The number of ether oxygens (including phenoxy) is 1. The van der Waals surface area contributed by atoms with E-state index in [9.17, 15) is 0 Å². The fraction of sp³-hybridized carbons (Fsp3) is 0.625. The Hall–Kier alpha value is -1.10. The van der Waals surface area contributed by atoms with Gasteiger partial charge in [-0.05, 0) is 19.7 Å². The first kappa shape index (κ1) is 15.3. The maximum atomic E-state index is 5.95. The van der Waals surface area contributed by atoms with Crippen LogP contribution in [0.25, 0.3) is 0 Å². The number of rotatable bonds is 7. The Kier molecular flexibility index (Phi) is 6.30. The third kappa shape index (κ3) is 4.47. The molecule has 0 aromatic heterocycles. The van der Waals surface area contributed by atoms with E-state index in [4.69, 9.17) is 4.74 Å². The van der Waals surface area contributed by atoms with Gasteiger partial charge in [0, 0.05) is 44.8 Å². The quantitative estimate of drug-likeness (QED) is 0.816. The Balaban J connectivity index is 1.73. The molecule has 1 aromatic rings. The maximum Gasteiger partial charge on any atom is 0.123 e. The molecular formula is C16H27N3O. The number of likely N-dealkylation sites (N-methyl/N-ethyl adjacent to an activating group) is 1. The fourth-order valence-electron chi connectivity index (χ4n) is 2.59. The Morgan fingerprint density at radius 1 is 1.10 bits per heavy atom. The van der Waals surface area contributed by atoms with Crippen LogP contribution in [0.2, 0.25) is 0 Å². The van der Waals surface area contributed by atoms with Crippen LogP contribution in [0.3, 0.4) is 0 Å². The van der Waals surface area contributed by atoms with Crippen molar-refractivity contribution in [3.8, 4) is 5.75 Å². The topological polar surface area (TPSA) is 27.7 Å². The van der Waals surface area contributed by atoms with Gasteiger partial charge in [-0.25, -0.2) is 0 Å². The van der Waals surface area contributed by atoms with Gasteiger partial charge in [-0.3, -0.25) is 4.90 Å². The van der Waals surface area contributed by atoms with Gasteiger partial charge < -0.3 is 15.0 Å². The van der Waals surface area contributed by atoms with E-state index in [-0.39, 0.29) is 0 Å². The minimum atomic E-state index is 0.771. The number of nitrogens with one attached hydrogen (secondary N) is 1. The van der Waals surface area contributed by atoms with Crippen molar-refractivity contribution in [1.82, 2.24) is 15.1 Å². The zero-order chi connectivity index (χ0) is 14.2. The van der Waals surface area contributed by atoms with Gasteiger partial charge in [-0.15, -0.1) is 0 Å². The molecule has 4 nitrogen and oxygen atoms in total. The molecule has 4 heteroatoms. The van der Waals surface area contributed by atoms with E-state index in [2.05, 4.69) is 40.2 Å². The van der Waals surface area contributed by atoms with Crippen molar-refractivity contribution in [3.05, 3.63) is 29.8 Å². The molecular weight excluding hydrogens is 250 g/mol. The van der Waals surface area contributed by atoms with Crippen LogP contribution in [0.15, 0.2) is 24.3 Å². The van der Waals surface area contributed by atoms with E-state index >= 15 is 0 Å². The SMILES string of the molecule is CCN1CCN(CCOc2ccccc2CNC)CC1. The van der Waals surface area contributed by atoms with Gasteiger partial charge in [-0.1, -0.05) is 25.1 Å². The predicted octanol–water partition coefficient (Wildman–Crippen LogP) is 1.42. The monoisotopic (exact) mass is 277 g/mol. The summed E-state index contributed by atoms with van der Waals surface area (Å²) in [4.78, 5) is 4.99. The number of piperazine rings is 1. The molecule has 0 amide bonds. The van der Waals surface area contributed by atoms with Gasteiger partial charge in [0.25, 0.3) is 0 Å². The van der Waals surface area contributed by atoms with Crippen molar-refractivity contribution in [3.63, 3.8) is 0 Å². The lowest BCUT2D eigenvalue weighted by atomic mass is 10.2. The highest BCUT2D eigenvalue weighted by Crippen LogP contribution is 2.17. The van der Waals surface area contributed by atoms with Gasteiger partial charge >= 0.3 is 0 Å². The molecule has 1 aromatic carbocycles. The molecule has 1 aliphatic rings.